The Morgan fingerprint density at radius 1 is 1.19 bits per heavy atom. The molecule has 0 saturated carbocycles. The molecule has 1 saturated heterocycles. The van der Waals surface area contributed by atoms with Crippen molar-refractivity contribution < 1.29 is 17.9 Å². The molecule has 32 heavy (non-hydrogen) atoms. The van der Waals surface area contributed by atoms with Crippen LogP contribution in [0.25, 0.3) is 0 Å². The molecule has 1 unspecified atom stereocenters. The summed E-state index contributed by atoms with van der Waals surface area (Å²) < 4.78 is 33.6. The summed E-state index contributed by atoms with van der Waals surface area (Å²) in [7, 11) is -3.60. The van der Waals surface area contributed by atoms with Crippen molar-refractivity contribution in [3.63, 3.8) is 0 Å². The smallest absolute Gasteiger partial charge is 0.416 e. The van der Waals surface area contributed by atoms with Gasteiger partial charge in [0.25, 0.3) is 0 Å². The van der Waals surface area contributed by atoms with Gasteiger partial charge in [-0.3, -0.25) is 4.90 Å². The summed E-state index contributed by atoms with van der Waals surface area (Å²) >= 11 is 0. The topological polar surface area (TPSA) is 79.8 Å². The van der Waals surface area contributed by atoms with E-state index in [1.807, 2.05) is 52.8 Å². The molecule has 1 fully saturated rings. The maximum absolute atomic E-state index is 13.2. The van der Waals surface area contributed by atoms with Crippen molar-refractivity contribution in [3.05, 3.63) is 53.7 Å². The van der Waals surface area contributed by atoms with Crippen LogP contribution in [0.15, 0.2) is 47.5 Å². The lowest BCUT2D eigenvalue weighted by atomic mass is 10.1. The normalized spacial score (nSPS) is 17.3. The number of carbonyl (C=O) groups excluding carboxylic acids is 1. The predicted molar refractivity (Wildman–Crippen MR) is 125 cm³/mol. The highest BCUT2D eigenvalue weighted by atomic mass is 32.2. The molecule has 1 amide bonds. The molecule has 2 heterocycles. The number of aromatic nitrogens is 1. The van der Waals surface area contributed by atoms with Gasteiger partial charge in [0.05, 0.1) is 10.9 Å². The molecular formula is C24H33N3O4S. The highest BCUT2D eigenvalue weighted by Gasteiger charge is 2.36. The van der Waals surface area contributed by atoms with E-state index < -0.39 is 21.7 Å². The molecule has 1 aromatic heterocycles. The predicted octanol–water partition coefficient (Wildman–Crippen LogP) is 5.07. The molecule has 8 heteroatoms. The molecule has 1 aliphatic heterocycles. The van der Waals surface area contributed by atoms with Crippen molar-refractivity contribution in [1.29, 1.82) is 0 Å². The molecule has 174 valence electrons. The van der Waals surface area contributed by atoms with E-state index in [0.29, 0.717) is 23.8 Å². The number of amides is 1. The Kier molecular flexibility index (Phi) is 7.25. The maximum Gasteiger partial charge on any atom is 0.416 e. The molecule has 1 aliphatic rings. The summed E-state index contributed by atoms with van der Waals surface area (Å²) in [5.74, 6) is 0.496. The monoisotopic (exact) mass is 459 g/mol. The van der Waals surface area contributed by atoms with Gasteiger partial charge in [0, 0.05) is 19.3 Å². The fourth-order valence-electron chi connectivity index (χ4n) is 3.80. The van der Waals surface area contributed by atoms with Gasteiger partial charge in [-0.25, -0.2) is 18.2 Å². The van der Waals surface area contributed by atoms with Crippen LogP contribution in [-0.4, -0.2) is 42.5 Å². The first-order chi connectivity index (χ1) is 15.0. The Balaban J connectivity index is 1.83. The average Bonchev–Trinajstić information content (AvgIpc) is 3.22. The summed E-state index contributed by atoms with van der Waals surface area (Å²) in [6, 6.07) is 10.3. The van der Waals surface area contributed by atoms with E-state index in [-0.39, 0.29) is 6.04 Å². The summed E-state index contributed by atoms with van der Waals surface area (Å²) in [6.45, 7) is 10.4. The second-order valence-corrected chi connectivity index (χ2v) is 11.1. The third kappa shape index (κ3) is 5.48. The number of aryl methyl sites for hydroxylation is 1. The summed E-state index contributed by atoms with van der Waals surface area (Å²) in [5.41, 5.74) is 1.24. The fourth-order valence-corrected chi connectivity index (χ4v) is 5.48. The van der Waals surface area contributed by atoms with Gasteiger partial charge in [-0.1, -0.05) is 30.7 Å². The molecular weight excluding hydrogens is 426 g/mol. The molecule has 1 atom stereocenters. The van der Waals surface area contributed by atoms with Crippen molar-refractivity contribution in [2.75, 3.05) is 18.0 Å². The second kappa shape index (κ2) is 9.58. The standard InChI is InChI=1S/C24H33N3O4S/c1-6-15-26(23(28)31-24(3,4)5)22-14-11-19(17-25-22)21-8-7-16-27(21)32(29,30)20-12-9-18(2)10-13-20/h9-14,17,21H,6-8,15-16H2,1-5H3. The van der Waals surface area contributed by atoms with Gasteiger partial charge in [-0.2, -0.15) is 4.31 Å². The molecule has 0 spiro atoms. The quantitative estimate of drug-likeness (QED) is 0.603. The summed E-state index contributed by atoms with van der Waals surface area (Å²) in [5, 5.41) is 0. The second-order valence-electron chi connectivity index (χ2n) is 9.17. The van der Waals surface area contributed by atoms with Gasteiger partial charge in [0.1, 0.15) is 11.4 Å². The molecule has 0 bridgehead atoms. The Bertz CT molecular complexity index is 1030. The van der Waals surface area contributed by atoms with Gasteiger partial charge in [-0.15, -0.1) is 0 Å². The minimum atomic E-state index is -3.60. The van der Waals surface area contributed by atoms with E-state index in [4.69, 9.17) is 4.74 Å². The van der Waals surface area contributed by atoms with Crippen molar-refractivity contribution in [1.82, 2.24) is 9.29 Å². The number of benzene rings is 1. The largest absolute Gasteiger partial charge is 0.443 e. The van der Waals surface area contributed by atoms with Crippen LogP contribution in [0, 0.1) is 6.92 Å². The number of pyridine rings is 1. The summed E-state index contributed by atoms with van der Waals surface area (Å²) in [4.78, 5) is 19.0. The van der Waals surface area contributed by atoms with Gasteiger partial charge in [0.15, 0.2) is 0 Å². The Labute approximate surface area is 191 Å². The SMILES string of the molecule is CCCN(C(=O)OC(C)(C)C)c1ccc(C2CCCN2S(=O)(=O)c2ccc(C)cc2)cn1. The lowest BCUT2D eigenvalue weighted by Gasteiger charge is -2.27. The molecule has 1 aromatic carbocycles. The first-order valence-corrected chi connectivity index (χ1v) is 12.5. The Morgan fingerprint density at radius 3 is 2.44 bits per heavy atom. The lowest BCUT2D eigenvalue weighted by Crippen LogP contribution is -2.38. The molecule has 0 aliphatic carbocycles. The third-order valence-electron chi connectivity index (χ3n) is 5.32. The minimum absolute atomic E-state index is 0.274. The molecule has 0 radical (unpaired) electrons. The molecule has 7 nitrogen and oxygen atoms in total. The number of sulfonamides is 1. The van der Waals surface area contributed by atoms with Crippen LogP contribution in [0.3, 0.4) is 0 Å². The average molecular weight is 460 g/mol. The highest BCUT2D eigenvalue weighted by Crippen LogP contribution is 2.36. The first-order valence-electron chi connectivity index (χ1n) is 11.1. The van der Waals surface area contributed by atoms with E-state index in [2.05, 4.69) is 4.98 Å². The molecule has 3 rings (SSSR count). The van der Waals surface area contributed by atoms with Crippen molar-refractivity contribution >= 4 is 21.9 Å². The van der Waals surface area contributed by atoms with Crippen LogP contribution < -0.4 is 4.90 Å². The Hall–Kier alpha value is -2.45. The van der Waals surface area contributed by atoms with E-state index in [9.17, 15) is 13.2 Å². The van der Waals surface area contributed by atoms with E-state index >= 15 is 0 Å². The van der Waals surface area contributed by atoms with Crippen LogP contribution in [-0.2, 0) is 14.8 Å². The van der Waals surface area contributed by atoms with Crippen LogP contribution >= 0.6 is 0 Å². The third-order valence-corrected chi connectivity index (χ3v) is 7.25. The molecule has 0 N–H and O–H groups in total. The lowest BCUT2D eigenvalue weighted by molar-refractivity contribution is 0.0579. The number of ether oxygens (including phenoxy) is 1. The van der Waals surface area contributed by atoms with Crippen LogP contribution in [0.2, 0.25) is 0 Å². The van der Waals surface area contributed by atoms with Crippen LogP contribution in [0.5, 0.6) is 0 Å². The van der Waals surface area contributed by atoms with Crippen LogP contribution in [0.4, 0.5) is 10.6 Å². The number of anilines is 1. The number of carbonyl (C=O) groups is 1. The van der Waals surface area contributed by atoms with Gasteiger partial charge < -0.3 is 4.74 Å². The van der Waals surface area contributed by atoms with Gasteiger partial charge in [0.2, 0.25) is 10.0 Å². The zero-order valence-corrected chi connectivity index (χ0v) is 20.4. The van der Waals surface area contributed by atoms with Crippen molar-refractivity contribution in [2.24, 2.45) is 0 Å². The molecule has 2 aromatic rings. The van der Waals surface area contributed by atoms with Gasteiger partial charge in [-0.05, 0) is 70.7 Å². The van der Waals surface area contributed by atoms with Crippen molar-refractivity contribution in [3.8, 4) is 0 Å². The van der Waals surface area contributed by atoms with Crippen molar-refractivity contribution in [2.45, 2.75) is 70.4 Å². The Morgan fingerprint density at radius 2 is 1.88 bits per heavy atom. The highest BCUT2D eigenvalue weighted by molar-refractivity contribution is 7.89. The first kappa shape index (κ1) is 24.2. The van der Waals surface area contributed by atoms with Gasteiger partial charge >= 0.3 is 6.09 Å². The van der Waals surface area contributed by atoms with E-state index in [0.717, 1.165) is 30.4 Å². The minimum Gasteiger partial charge on any atom is -0.443 e. The number of hydrogen-bond donors (Lipinski definition) is 0. The number of nitrogens with zero attached hydrogens (tertiary/aromatic N) is 3. The van der Waals surface area contributed by atoms with Crippen LogP contribution in [0.1, 0.15) is 64.1 Å². The van der Waals surface area contributed by atoms with E-state index in [1.54, 1.807) is 28.7 Å². The fraction of sp³-hybridized carbons (Fsp3) is 0.500. The number of rotatable bonds is 6. The summed E-state index contributed by atoms with van der Waals surface area (Å²) in [6.07, 6.45) is 3.52. The maximum atomic E-state index is 13.2. The number of hydrogen-bond acceptors (Lipinski definition) is 5. The van der Waals surface area contributed by atoms with E-state index in [1.165, 1.54) is 4.90 Å². The zero-order valence-electron chi connectivity index (χ0n) is 19.5. The zero-order chi connectivity index (χ0) is 23.5.